The molecule has 0 rings (SSSR count). The number of carbonyl (C=O) groups excluding carboxylic acids is 2. The molecule has 146 valence electrons. The van der Waals surface area contributed by atoms with Crippen LogP contribution in [0.4, 0.5) is 4.79 Å². The van der Waals surface area contributed by atoms with Crippen molar-refractivity contribution in [2.24, 2.45) is 5.92 Å². The first-order valence-electron chi connectivity index (χ1n) is 8.37. The van der Waals surface area contributed by atoms with Crippen LogP contribution < -0.4 is 5.32 Å². The van der Waals surface area contributed by atoms with Gasteiger partial charge in [0.1, 0.15) is 5.60 Å². The van der Waals surface area contributed by atoms with Gasteiger partial charge in [-0.25, -0.2) is 4.79 Å². The van der Waals surface area contributed by atoms with Crippen molar-refractivity contribution in [1.82, 2.24) is 10.2 Å². The minimum absolute atomic E-state index is 0.00365. The minimum Gasteiger partial charge on any atom is -0.444 e. The Morgan fingerprint density at radius 1 is 1.36 bits per heavy atom. The highest BCUT2D eigenvalue weighted by molar-refractivity contribution is 7.99. The van der Waals surface area contributed by atoms with Crippen molar-refractivity contribution in [3.05, 3.63) is 11.3 Å². The standard InChI is InChI=1S/C17H32N2O4S2/c1-12(10-15(24)25)14(6-9-20)13(2)19(11-21)8-7-18-16(22)23-17(3,4)5/h11-12,15,20,24-25H,6-10H2,1-5H3,(H,18,22). The van der Waals surface area contributed by atoms with E-state index in [9.17, 15) is 14.7 Å². The molecule has 0 fully saturated rings. The summed E-state index contributed by atoms with van der Waals surface area (Å²) >= 11 is 8.58. The number of hydrogen-bond acceptors (Lipinski definition) is 6. The first-order chi connectivity index (χ1) is 11.5. The molecule has 0 aromatic rings. The third kappa shape index (κ3) is 10.7. The fourth-order valence-corrected chi connectivity index (χ4v) is 3.07. The van der Waals surface area contributed by atoms with E-state index in [-0.39, 0.29) is 23.7 Å². The van der Waals surface area contributed by atoms with Crippen molar-refractivity contribution >= 4 is 37.8 Å². The topological polar surface area (TPSA) is 78.9 Å². The van der Waals surface area contributed by atoms with E-state index >= 15 is 0 Å². The molecule has 0 spiro atoms. The van der Waals surface area contributed by atoms with Crippen LogP contribution in [0, 0.1) is 5.92 Å². The Labute approximate surface area is 162 Å². The second-order valence-electron chi connectivity index (χ2n) is 6.93. The number of aliphatic hydroxyl groups excluding tert-OH is 1. The van der Waals surface area contributed by atoms with E-state index < -0.39 is 11.7 Å². The smallest absolute Gasteiger partial charge is 0.407 e. The molecular weight excluding hydrogens is 360 g/mol. The number of alkyl carbamates (subject to hydrolysis) is 1. The summed E-state index contributed by atoms with van der Waals surface area (Å²) in [5, 5.41) is 12.0. The number of allylic oxidation sites excluding steroid dienone is 1. The van der Waals surface area contributed by atoms with Gasteiger partial charge in [0, 0.05) is 30.0 Å². The highest BCUT2D eigenvalue weighted by Gasteiger charge is 2.19. The zero-order chi connectivity index (χ0) is 19.6. The quantitative estimate of drug-likeness (QED) is 0.262. The van der Waals surface area contributed by atoms with E-state index in [1.165, 1.54) is 4.90 Å². The van der Waals surface area contributed by atoms with E-state index in [1.54, 1.807) is 20.8 Å². The van der Waals surface area contributed by atoms with Gasteiger partial charge in [0.05, 0.1) is 0 Å². The average Bonchev–Trinajstić information content (AvgIpc) is 2.46. The maximum Gasteiger partial charge on any atom is 0.407 e. The number of nitrogens with zero attached hydrogens (tertiary/aromatic N) is 1. The Hall–Kier alpha value is -0.860. The minimum atomic E-state index is -0.565. The Morgan fingerprint density at radius 2 is 1.96 bits per heavy atom. The van der Waals surface area contributed by atoms with Crippen molar-refractivity contribution < 1.29 is 19.4 Å². The molecular formula is C17H32N2O4S2. The SMILES string of the molecule is CC(=C(CCO)C(C)CC(S)S)N(C=O)CCNC(=O)OC(C)(C)C. The van der Waals surface area contributed by atoms with Crippen LogP contribution in [0.2, 0.25) is 0 Å². The fourth-order valence-electron chi connectivity index (χ4n) is 2.44. The maximum absolute atomic E-state index is 11.7. The molecule has 0 saturated heterocycles. The van der Waals surface area contributed by atoms with Gasteiger partial charge in [-0.2, -0.15) is 25.3 Å². The van der Waals surface area contributed by atoms with E-state index in [4.69, 9.17) is 4.74 Å². The molecule has 1 unspecified atom stereocenters. The first-order valence-corrected chi connectivity index (χ1v) is 9.40. The van der Waals surface area contributed by atoms with E-state index in [0.29, 0.717) is 13.0 Å². The van der Waals surface area contributed by atoms with Gasteiger partial charge in [-0.15, -0.1) is 0 Å². The van der Waals surface area contributed by atoms with Gasteiger partial charge in [0.15, 0.2) is 0 Å². The maximum atomic E-state index is 11.7. The lowest BCUT2D eigenvalue weighted by molar-refractivity contribution is -0.116. The third-order valence-electron chi connectivity index (χ3n) is 3.58. The van der Waals surface area contributed by atoms with Gasteiger partial charge < -0.3 is 20.1 Å². The summed E-state index contributed by atoms with van der Waals surface area (Å²) in [6.45, 7) is 9.82. The van der Waals surface area contributed by atoms with Crippen LogP contribution in [0.3, 0.4) is 0 Å². The molecule has 2 amide bonds. The van der Waals surface area contributed by atoms with Gasteiger partial charge in [-0.05, 0) is 52.0 Å². The number of thiol groups is 2. The molecule has 0 aliphatic rings. The molecule has 0 radical (unpaired) electrons. The van der Waals surface area contributed by atoms with Crippen molar-refractivity contribution in [1.29, 1.82) is 0 Å². The Bertz CT molecular complexity index is 462. The van der Waals surface area contributed by atoms with Crippen LogP contribution in [0.25, 0.3) is 0 Å². The molecule has 0 aromatic heterocycles. The van der Waals surface area contributed by atoms with E-state index in [1.807, 2.05) is 13.8 Å². The molecule has 2 N–H and O–H groups in total. The zero-order valence-electron chi connectivity index (χ0n) is 15.8. The first kappa shape index (κ1) is 24.1. The van der Waals surface area contributed by atoms with Crippen LogP contribution in [-0.2, 0) is 9.53 Å². The van der Waals surface area contributed by atoms with Gasteiger partial charge in [0.2, 0.25) is 6.41 Å². The van der Waals surface area contributed by atoms with Crippen molar-refractivity contribution in [3.63, 3.8) is 0 Å². The van der Waals surface area contributed by atoms with Crippen molar-refractivity contribution in [3.8, 4) is 0 Å². The second kappa shape index (κ2) is 11.7. The van der Waals surface area contributed by atoms with Crippen LogP contribution in [0.1, 0.15) is 47.5 Å². The lowest BCUT2D eigenvalue weighted by Crippen LogP contribution is -2.37. The molecule has 0 heterocycles. The Balaban J connectivity index is 4.90. The normalized spacial score (nSPS) is 14.0. The van der Waals surface area contributed by atoms with Gasteiger partial charge >= 0.3 is 6.09 Å². The summed E-state index contributed by atoms with van der Waals surface area (Å²) in [5.41, 5.74) is 1.20. The zero-order valence-corrected chi connectivity index (χ0v) is 17.6. The highest BCUT2D eigenvalue weighted by atomic mass is 32.2. The average molecular weight is 393 g/mol. The summed E-state index contributed by atoms with van der Waals surface area (Å²) in [6.07, 6.45) is 1.42. The van der Waals surface area contributed by atoms with Crippen molar-refractivity contribution in [2.45, 2.75) is 57.6 Å². The molecule has 6 nitrogen and oxygen atoms in total. The largest absolute Gasteiger partial charge is 0.444 e. The molecule has 25 heavy (non-hydrogen) atoms. The molecule has 0 aliphatic heterocycles. The molecule has 0 saturated carbocycles. The number of carbonyl (C=O) groups is 2. The number of hydrogen-bond donors (Lipinski definition) is 4. The number of rotatable bonds is 10. The van der Waals surface area contributed by atoms with Gasteiger partial charge in [0.25, 0.3) is 0 Å². The van der Waals surface area contributed by atoms with Crippen LogP contribution in [-0.4, -0.2) is 52.4 Å². The lowest BCUT2D eigenvalue weighted by Gasteiger charge is -2.26. The predicted molar refractivity (Wildman–Crippen MR) is 107 cm³/mol. The van der Waals surface area contributed by atoms with Gasteiger partial charge in [-0.1, -0.05) is 6.92 Å². The fraction of sp³-hybridized carbons (Fsp3) is 0.765. The number of aliphatic hydroxyl groups is 1. The van der Waals surface area contributed by atoms with Crippen LogP contribution in [0.15, 0.2) is 11.3 Å². The molecule has 0 aromatic carbocycles. The highest BCUT2D eigenvalue weighted by Crippen LogP contribution is 2.27. The molecule has 1 atom stereocenters. The molecule has 0 aliphatic carbocycles. The monoisotopic (exact) mass is 392 g/mol. The Kier molecular flexibility index (Phi) is 11.3. The number of amides is 2. The van der Waals surface area contributed by atoms with Crippen LogP contribution >= 0.6 is 25.3 Å². The summed E-state index contributed by atoms with van der Waals surface area (Å²) in [5.74, 6) is 0.133. The molecule has 0 bridgehead atoms. The third-order valence-corrected chi connectivity index (χ3v) is 4.01. The van der Waals surface area contributed by atoms with Crippen molar-refractivity contribution in [2.75, 3.05) is 19.7 Å². The van der Waals surface area contributed by atoms with E-state index in [0.717, 1.165) is 24.1 Å². The Morgan fingerprint density at radius 3 is 2.40 bits per heavy atom. The van der Waals surface area contributed by atoms with E-state index in [2.05, 4.69) is 30.6 Å². The number of nitrogens with one attached hydrogen (secondary N) is 1. The summed E-state index contributed by atoms with van der Waals surface area (Å²) in [7, 11) is 0. The summed E-state index contributed by atoms with van der Waals surface area (Å²) in [4.78, 5) is 24.7. The predicted octanol–water partition coefficient (Wildman–Crippen LogP) is 2.84. The summed E-state index contributed by atoms with van der Waals surface area (Å²) < 4.78 is 5.09. The second-order valence-corrected chi connectivity index (χ2v) is 8.58. The lowest BCUT2D eigenvalue weighted by atomic mass is 9.93. The molecule has 8 heteroatoms. The van der Waals surface area contributed by atoms with Gasteiger partial charge in [-0.3, -0.25) is 4.79 Å². The van der Waals surface area contributed by atoms with Crippen LogP contribution in [0.5, 0.6) is 0 Å². The summed E-state index contributed by atoms with van der Waals surface area (Å²) in [6, 6.07) is 0. The number of ether oxygens (including phenoxy) is 1.